The van der Waals surface area contributed by atoms with Crippen molar-refractivity contribution < 1.29 is 18.8 Å². The number of hydrogen-bond acceptors (Lipinski definition) is 7. The van der Waals surface area contributed by atoms with Crippen LogP contribution in [0.4, 0.5) is 0 Å². The molecule has 7 nitrogen and oxygen atoms in total. The fraction of sp³-hybridized carbons (Fsp3) is 0.421. The third kappa shape index (κ3) is 3.49. The van der Waals surface area contributed by atoms with Gasteiger partial charge in [0.25, 0.3) is 5.19 Å². The molecule has 1 aliphatic heterocycles. The predicted octanol–water partition coefficient (Wildman–Crippen LogP) is 3.13. The van der Waals surface area contributed by atoms with E-state index in [0.29, 0.717) is 31.1 Å². The molecular formula is C19H21N3O4S. The number of carbonyl (C=O) groups is 1. The normalized spacial score (nSPS) is 14.4. The van der Waals surface area contributed by atoms with Gasteiger partial charge in [-0.25, -0.2) is 0 Å². The van der Waals surface area contributed by atoms with E-state index in [1.165, 1.54) is 11.3 Å². The van der Waals surface area contributed by atoms with Crippen LogP contribution in [0.15, 0.2) is 22.7 Å². The van der Waals surface area contributed by atoms with Crippen LogP contribution in [0, 0.1) is 13.8 Å². The SMILES string of the molecule is COc1cccc2sc(OC3CN(C(=O)CCc4c(C)noc4C)C3)nc12. The topological polar surface area (TPSA) is 77.7 Å². The maximum Gasteiger partial charge on any atom is 0.274 e. The van der Waals surface area contributed by atoms with E-state index in [0.717, 1.165) is 33.0 Å². The van der Waals surface area contributed by atoms with Crippen molar-refractivity contribution in [1.29, 1.82) is 0 Å². The van der Waals surface area contributed by atoms with Crippen molar-refractivity contribution in [1.82, 2.24) is 15.0 Å². The summed E-state index contributed by atoms with van der Waals surface area (Å²) in [4.78, 5) is 18.7. The number of rotatable bonds is 6. The van der Waals surface area contributed by atoms with Crippen molar-refractivity contribution in [3.8, 4) is 10.9 Å². The fourth-order valence-corrected chi connectivity index (χ4v) is 4.12. The Hall–Kier alpha value is -2.61. The first kappa shape index (κ1) is 17.8. The lowest BCUT2D eigenvalue weighted by Gasteiger charge is -2.38. The zero-order chi connectivity index (χ0) is 19.0. The number of likely N-dealkylation sites (tertiary alicyclic amines) is 1. The van der Waals surface area contributed by atoms with Gasteiger partial charge < -0.3 is 18.9 Å². The summed E-state index contributed by atoms with van der Waals surface area (Å²) in [5.74, 6) is 1.65. The van der Waals surface area contributed by atoms with Gasteiger partial charge >= 0.3 is 0 Å². The van der Waals surface area contributed by atoms with Crippen molar-refractivity contribution in [2.75, 3.05) is 20.2 Å². The maximum absolute atomic E-state index is 12.4. The van der Waals surface area contributed by atoms with Crippen molar-refractivity contribution in [2.24, 2.45) is 0 Å². The molecule has 4 rings (SSSR count). The summed E-state index contributed by atoms with van der Waals surface area (Å²) >= 11 is 1.49. The minimum absolute atomic E-state index is 0.0143. The van der Waals surface area contributed by atoms with Crippen LogP contribution in [0.3, 0.4) is 0 Å². The Kier molecular flexibility index (Phi) is 4.73. The van der Waals surface area contributed by atoms with Crippen LogP contribution in [-0.2, 0) is 11.2 Å². The van der Waals surface area contributed by atoms with E-state index in [1.54, 1.807) is 7.11 Å². The smallest absolute Gasteiger partial charge is 0.274 e. The van der Waals surface area contributed by atoms with Gasteiger partial charge in [0.15, 0.2) is 0 Å². The summed E-state index contributed by atoms with van der Waals surface area (Å²) in [5.41, 5.74) is 2.70. The fourth-order valence-electron chi connectivity index (χ4n) is 3.23. The summed E-state index contributed by atoms with van der Waals surface area (Å²) < 4.78 is 17.4. The number of benzene rings is 1. The highest BCUT2D eigenvalue weighted by Crippen LogP contribution is 2.34. The molecule has 0 bridgehead atoms. The van der Waals surface area contributed by atoms with E-state index in [4.69, 9.17) is 14.0 Å². The number of methoxy groups -OCH3 is 1. The molecule has 0 spiro atoms. The minimum Gasteiger partial charge on any atom is -0.494 e. The number of fused-ring (bicyclic) bond motifs is 1. The highest BCUT2D eigenvalue weighted by Gasteiger charge is 2.33. The van der Waals surface area contributed by atoms with Gasteiger partial charge in [0.05, 0.1) is 30.6 Å². The van der Waals surface area contributed by atoms with Gasteiger partial charge in [0.1, 0.15) is 23.1 Å². The Morgan fingerprint density at radius 2 is 2.19 bits per heavy atom. The standard InChI is InChI=1S/C19H21N3O4S/c1-11-14(12(2)26-21-11)7-8-17(23)22-9-13(10-22)25-19-20-18-15(24-3)5-4-6-16(18)27-19/h4-6,13H,7-10H2,1-3H3. The number of carbonyl (C=O) groups excluding carboxylic acids is 1. The number of thiazole rings is 1. The Balaban J connectivity index is 1.30. The zero-order valence-electron chi connectivity index (χ0n) is 15.5. The Morgan fingerprint density at radius 3 is 2.89 bits per heavy atom. The number of ether oxygens (including phenoxy) is 2. The van der Waals surface area contributed by atoms with Gasteiger partial charge in [-0.2, -0.15) is 4.98 Å². The van der Waals surface area contributed by atoms with Gasteiger partial charge in [-0.15, -0.1) is 0 Å². The maximum atomic E-state index is 12.4. The highest BCUT2D eigenvalue weighted by atomic mass is 32.1. The minimum atomic E-state index is -0.0143. The number of nitrogens with zero attached hydrogens (tertiary/aromatic N) is 3. The van der Waals surface area contributed by atoms with Gasteiger partial charge in [-0.3, -0.25) is 4.79 Å². The first-order valence-electron chi connectivity index (χ1n) is 8.85. The second kappa shape index (κ2) is 7.19. The monoisotopic (exact) mass is 387 g/mol. The van der Waals surface area contributed by atoms with E-state index in [9.17, 15) is 4.79 Å². The summed E-state index contributed by atoms with van der Waals surface area (Å²) in [6.45, 7) is 4.96. The van der Waals surface area contributed by atoms with Gasteiger partial charge in [0.2, 0.25) is 5.91 Å². The van der Waals surface area contributed by atoms with E-state index < -0.39 is 0 Å². The molecule has 0 saturated carbocycles. The van der Waals surface area contributed by atoms with Crippen LogP contribution < -0.4 is 9.47 Å². The second-order valence-corrected chi connectivity index (χ2v) is 7.62. The van der Waals surface area contributed by atoms with E-state index in [2.05, 4.69) is 10.1 Å². The number of aromatic nitrogens is 2. The second-order valence-electron chi connectivity index (χ2n) is 6.63. The van der Waals surface area contributed by atoms with Crippen LogP contribution in [-0.4, -0.2) is 47.3 Å². The summed E-state index contributed by atoms with van der Waals surface area (Å²) in [7, 11) is 1.63. The van der Waals surface area contributed by atoms with E-state index in [1.807, 2.05) is 36.9 Å². The molecule has 0 radical (unpaired) electrons. The number of amides is 1. The summed E-state index contributed by atoms with van der Waals surface area (Å²) in [6, 6.07) is 5.81. The quantitative estimate of drug-likeness (QED) is 0.647. The zero-order valence-corrected chi connectivity index (χ0v) is 16.3. The van der Waals surface area contributed by atoms with Crippen molar-refractivity contribution in [3.63, 3.8) is 0 Å². The molecule has 3 heterocycles. The molecule has 1 saturated heterocycles. The van der Waals surface area contributed by atoms with E-state index >= 15 is 0 Å². The molecule has 3 aromatic rings. The van der Waals surface area contributed by atoms with Crippen LogP contribution in [0.2, 0.25) is 0 Å². The largest absolute Gasteiger partial charge is 0.494 e. The molecule has 1 fully saturated rings. The van der Waals surface area contributed by atoms with Crippen LogP contribution in [0.5, 0.6) is 10.9 Å². The molecule has 27 heavy (non-hydrogen) atoms. The molecule has 2 aromatic heterocycles. The average molecular weight is 387 g/mol. The molecule has 1 aliphatic rings. The molecule has 8 heteroatoms. The molecule has 1 aromatic carbocycles. The summed E-state index contributed by atoms with van der Waals surface area (Å²) in [5, 5.41) is 4.54. The van der Waals surface area contributed by atoms with Crippen LogP contribution >= 0.6 is 11.3 Å². The Bertz CT molecular complexity index is 955. The number of aryl methyl sites for hydroxylation is 2. The third-order valence-electron chi connectivity index (χ3n) is 4.82. The van der Waals surface area contributed by atoms with Crippen LogP contribution in [0.25, 0.3) is 10.2 Å². The molecule has 0 aliphatic carbocycles. The van der Waals surface area contributed by atoms with E-state index in [-0.39, 0.29) is 12.0 Å². The molecule has 1 amide bonds. The van der Waals surface area contributed by atoms with Crippen LogP contribution in [0.1, 0.15) is 23.4 Å². The molecule has 0 atom stereocenters. The first-order chi connectivity index (χ1) is 13.0. The number of para-hydroxylation sites is 1. The van der Waals surface area contributed by atoms with Crippen molar-refractivity contribution in [3.05, 3.63) is 35.2 Å². The third-order valence-corrected chi connectivity index (χ3v) is 5.73. The lowest BCUT2D eigenvalue weighted by Crippen LogP contribution is -2.56. The predicted molar refractivity (Wildman–Crippen MR) is 101 cm³/mol. The lowest BCUT2D eigenvalue weighted by atomic mass is 10.1. The highest BCUT2D eigenvalue weighted by molar-refractivity contribution is 7.20. The molecule has 142 valence electrons. The van der Waals surface area contributed by atoms with Gasteiger partial charge in [-0.1, -0.05) is 22.6 Å². The number of hydrogen-bond donors (Lipinski definition) is 0. The lowest BCUT2D eigenvalue weighted by molar-refractivity contribution is -0.139. The Morgan fingerprint density at radius 1 is 1.37 bits per heavy atom. The van der Waals surface area contributed by atoms with Gasteiger partial charge in [0, 0.05) is 12.0 Å². The summed E-state index contributed by atoms with van der Waals surface area (Å²) in [6.07, 6.45) is 1.09. The van der Waals surface area contributed by atoms with Gasteiger partial charge in [-0.05, 0) is 32.4 Å². The van der Waals surface area contributed by atoms with Crippen molar-refractivity contribution in [2.45, 2.75) is 32.8 Å². The van der Waals surface area contributed by atoms with Crippen molar-refractivity contribution >= 4 is 27.5 Å². The molecule has 0 N–H and O–H groups in total. The Labute approximate surface area is 160 Å². The molecule has 0 unspecified atom stereocenters. The first-order valence-corrected chi connectivity index (χ1v) is 9.66. The average Bonchev–Trinajstić information content (AvgIpc) is 3.18. The molecular weight excluding hydrogens is 366 g/mol.